The van der Waals surface area contributed by atoms with Gasteiger partial charge in [-0.15, -0.1) is 0 Å². The molecule has 0 N–H and O–H groups in total. The van der Waals surface area contributed by atoms with E-state index < -0.39 is 0 Å². The highest BCUT2D eigenvalue weighted by Crippen LogP contribution is 2.39. The second kappa shape index (κ2) is 13.8. The van der Waals surface area contributed by atoms with E-state index in [2.05, 4.69) is 78.9 Å². The number of furan rings is 2. The van der Waals surface area contributed by atoms with Crippen LogP contribution in [-0.4, -0.2) is 24.3 Å². The SMILES string of the molecule is Cn1c2ccc(-c3cccc(-c4nc(-c5ccccc5)nc(-c5cc(-c6ccc7oc8ccccc8c7c6)cc(-c6ccc7oc8ccccc8c7c6)c5)n4)c3)cc2n(C)[n+]1=O. The molecule has 0 bridgehead atoms. The molecular weight excluding hydrogens is 769 g/mol. The van der Waals surface area contributed by atoms with E-state index in [9.17, 15) is 4.91 Å². The van der Waals surface area contributed by atoms with E-state index in [1.807, 2.05) is 97.1 Å². The van der Waals surface area contributed by atoms with Gasteiger partial charge in [-0.25, -0.2) is 15.0 Å². The number of hydrogen-bond acceptors (Lipinski definition) is 6. The molecule has 9 nitrogen and oxygen atoms in total. The fourth-order valence-electron chi connectivity index (χ4n) is 8.71. The summed E-state index contributed by atoms with van der Waals surface area (Å²) >= 11 is 0. The number of rotatable bonds is 6. The van der Waals surface area contributed by atoms with Crippen molar-refractivity contribution in [2.24, 2.45) is 14.1 Å². The number of aromatic nitrogens is 6. The maximum Gasteiger partial charge on any atom is 0.260 e. The van der Waals surface area contributed by atoms with Crippen LogP contribution in [0.5, 0.6) is 0 Å². The molecule has 0 fully saturated rings. The molecule has 8 aromatic carbocycles. The fourth-order valence-corrected chi connectivity index (χ4v) is 8.71. The van der Waals surface area contributed by atoms with Gasteiger partial charge in [-0.1, -0.05) is 112 Å². The summed E-state index contributed by atoms with van der Waals surface area (Å²) in [6.07, 6.45) is 0. The lowest BCUT2D eigenvalue weighted by molar-refractivity contribution is -0.671. The first kappa shape index (κ1) is 35.5. The van der Waals surface area contributed by atoms with Gasteiger partial charge in [0.1, 0.15) is 33.4 Å². The Balaban J connectivity index is 1.06. The summed E-state index contributed by atoms with van der Waals surface area (Å²) < 4.78 is 16.5. The molecule has 62 heavy (non-hydrogen) atoms. The van der Waals surface area contributed by atoms with Crippen LogP contribution in [0.4, 0.5) is 0 Å². The average molecular weight is 804 g/mol. The minimum atomic E-state index is 0.545. The average Bonchev–Trinajstić information content (AvgIpc) is 3.97. The van der Waals surface area contributed by atoms with Gasteiger partial charge in [-0.2, -0.15) is 0 Å². The van der Waals surface area contributed by atoms with E-state index >= 15 is 0 Å². The van der Waals surface area contributed by atoms with Crippen LogP contribution in [-0.2, 0) is 14.1 Å². The van der Waals surface area contributed by atoms with E-state index in [-0.39, 0.29) is 0 Å². The van der Waals surface area contributed by atoms with E-state index in [1.165, 1.54) is 0 Å². The van der Waals surface area contributed by atoms with Crippen molar-refractivity contribution in [1.29, 1.82) is 0 Å². The normalized spacial score (nSPS) is 11.8. The Kier molecular flexibility index (Phi) is 7.92. The number of aryl methyl sites for hydroxylation is 2. The van der Waals surface area contributed by atoms with Crippen LogP contribution in [0.2, 0.25) is 0 Å². The molecule has 0 radical (unpaired) electrons. The van der Waals surface area contributed by atoms with Crippen LogP contribution in [0.15, 0.2) is 185 Å². The van der Waals surface area contributed by atoms with Crippen molar-refractivity contribution < 1.29 is 13.5 Å². The van der Waals surface area contributed by atoms with Crippen molar-refractivity contribution in [1.82, 2.24) is 24.3 Å². The molecule has 9 heteroatoms. The third-order valence-electron chi connectivity index (χ3n) is 11.9. The first-order chi connectivity index (χ1) is 30.4. The van der Waals surface area contributed by atoms with Gasteiger partial charge >= 0.3 is 0 Å². The van der Waals surface area contributed by atoms with Crippen molar-refractivity contribution in [3.8, 4) is 67.5 Å². The predicted octanol–water partition coefficient (Wildman–Crippen LogP) is 12.4. The van der Waals surface area contributed by atoms with E-state index in [0.717, 1.165) is 110 Å². The van der Waals surface area contributed by atoms with E-state index in [4.69, 9.17) is 23.8 Å². The lowest BCUT2D eigenvalue weighted by Crippen LogP contribution is -2.33. The van der Waals surface area contributed by atoms with Crippen LogP contribution < -0.4 is 4.66 Å². The van der Waals surface area contributed by atoms with Gasteiger partial charge in [0.2, 0.25) is 0 Å². The topological polar surface area (TPSA) is 97.8 Å². The Morgan fingerprint density at radius 1 is 0.355 bits per heavy atom. The number of hydrogen-bond donors (Lipinski definition) is 0. The van der Waals surface area contributed by atoms with Crippen LogP contribution in [0, 0.1) is 4.91 Å². The van der Waals surface area contributed by atoms with Gasteiger partial charge in [0.05, 0.1) is 19.0 Å². The number of fused-ring (bicyclic) bond motifs is 7. The minimum Gasteiger partial charge on any atom is -0.456 e. The molecule has 12 rings (SSSR count). The van der Waals surface area contributed by atoms with Crippen LogP contribution >= 0.6 is 0 Å². The molecule has 0 spiro atoms. The second-order valence-corrected chi connectivity index (χ2v) is 15.7. The zero-order valence-electron chi connectivity index (χ0n) is 33.7. The molecule has 0 amide bonds. The van der Waals surface area contributed by atoms with Crippen molar-refractivity contribution in [2.75, 3.05) is 0 Å². The second-order valence-electron chi connectivity index (χ2n) is 15.7. The molecule has 0 saturated carbocycles. The van der Waals surface area contributed by atoms with Crippen molar-refractivity contribution in [3.63, 3.8) is 0 Å². The molecule has 294 valence electrons. The third-order valence-corrected chi connectivity index (χ3v) is 11.9. The van der Waals surface area contributed by atoms with Gasteiger partial charge in [-0.05, 0) is 106 Å². The van der Waals surface area contributed by atoms with E-state index in [0.29, 0.717) is 17.5 Å². The molecule has 0 unspecified atom stereocenters. The maximum atomic E-state index is 12.7. The van der Waals surface area contributed by atoms with Gasteiger partial charge < -0.3 is 8.83 Å². The standard InChI is InChI=1S/C53H35N6O3/c1-57-45-22-19-36(31-46(45)58(2)59(57)60)33-13-10-14-37(25-33)52-54-51(32-11-4-3-5-12-32)55-53(56-52)40-27-38(34-20-23-49-43(29-34)41-15-6-8-17-47(41)61-49)26-39(28-40)35-21-24-50-44(30-35)42-16-7-9-18-48(42)62-50/h3-31H,1-2H3/q+1. The molecule has 12 aromatic rings. The zero-order chi connectivity index (χ0) is 41.5. The summed E-state index contributed by atoms with van der Waals surface area (Å²) in [5.41, 5.74) is 13.7. The minimum absolute atomic E-state index is 0.545. The summed E-state index contributed by atoms with van der Waals surface area (Å²) in [4.78, 5) is 28.2. The largest absolute Gasteiger partial charge is 0.456 e. The van der Waals surface area contributed by atoms with Gasteiger partial charge in [-0.3, -0.25) is 0 Å². The highest BCUT2D eigenvalue weighted by molar-refractivity contribution is 6.07. The quantitative estimate of drug-likeness (QED) is 0.155. The summed E-state index contributed by atoms with van der Waals surface area (Å²) in [7, 11) is 3.53. The van der Waals surface area contributed by atoms with Crippen molar-refractivity contribution in [3.05, 3.63) is 181 Å². The molecule has 0 atom stereocenters. The smallest absolute Gasteiger partial charge is 0.260 e. The predicted molar refractivity (Wildman–Crippen MR) is 246 cm³/mol. The fraction of sp³-hybridized carbons (Fsp3) is 0.0377. The molecule has 4 heterocycles. The number of para-hydroxylation sites is 2. The zero-order valence-corrected chi connectivity index (χ0v) is 33.7. The molecule has 0 saturated heterocycles. The molecule has 0 aliphatic heterocycles. The van der Waals surface area contributed by atoms with Crippen molar-refractivity contribution in [2.45, 2.75) is 0 Å². The first-order valence-corrected chi connectivity index (χ1v) is 20.4. The maximum absolute atomic E-state index is 12.7. The monoisotopic (exact) mass is 803 g/mol. The highest BCUT2D eigenvalue weighted by atomic mass is 16.3. The van der Waals surface area contributed by atoms with Gasteiger partial charge in [0, 0.05) is 38.2 Å². The van der Waals surface area contributed by atoms with Gasteiger partial charge in [0.15, 0.2) is 17.5 Å². The van der Waals surface area contributed by atoms with Crippen molar-refractivity contribution >= 4 is 54.9 Å². The number of nitrogens with zero attached hydrogens (tertiary/aromatic N) is 6. The Labute approximate surface area is 354 Å². The van der Waals surface area contributed by atoms with E-state index in [1.54, 1.807) is 23.5 Å². The summed E-state index contributed by atoms with van der Waals surface area (Å²) in [5, 5.41) is 4.25. The van der Waals surface area contributed by atoms with Crippen LogP contribution in [0.25, 0.3) is 122 Å². The third kappa shape index (κ3) is 5.82. The molecule has 0 aliphatic carbocycles. The molecular formula is C53H35N6O3+. The summed E-state index contributed by atoms with van der Waals surface area (Å²) in [5.74, 6) is 1.66. The Morgan fingerprint density at radius 3 is 1.44 bits per heavy atom. The lowest BCUT2D eigenvalue weighted by Gasteiger charge is -2.13. The lowest BCUT2D eigenvalue weighted by atomic mass is 9.94. The van der Waals surface area contributed by atoms with Gasteiger partial charge in [0.25, 0.3) is 4.66 Å². The highest BCUT2D eigenvalue weighted by Gasteiger charge is 2.19. The molecule has 4 aromatic heterocycles. The Bertz CT molecular complexity index is 3690. The number of benzene rings is 8. The Hall–Kier alpha value is -8.43. The summed E-state index contributed by atoms with van der Waals surface area (Å²) in [6.45, 7) is 0. The Morgan fingerprint density at radius 2 is 0.790 bits per heavy atom. The molecule has 0 aliphatic rings. The first-order valence-electron chi connectivity index (χ1n) is 20.4. The van der Waals surface area contributed by atoms with Crippen LogP contribution in [0.1, 0.15) is 0 Å². The summed E-state index contributed by atoms with van der Waals surface area (Å²) in [6, 6.07) is 59.9. The van der Waals surface area contributed by atoms with Crippen LogP contribution in [0.3, 0.4) is 0 Å².